The maximum atomic E-state index is 13.9. The molecule has 1 atom stereocenters. The number of benzene rings is 3. The van der Waals surface area contributed by atoms with E-state index in [0.29, 0.717) is 17.3 Å². The molecule has 2 amide bonds. The molecule has 0 aliphatic heterocycles. The molecular weight excluding hydrogens is 534 g/mol. The Hall–Kier alpha value is -3.36. The van der Waals surface area contributed by atoms with Gasteiger partial charge in [-0.3, -0.25) is 13.9 Å². The fraction of sp³-hybridized carbons (Fsp3) is 0.333. The Morgan fingerprint density at radius 1 is 0.949 bits per heavy atom. The van der Waals surface area contributed by atoms with Crippen LogP contribution in [-0.2, 0) is 26.2 Å². The molecule has 0 fully saturated rings. The van der Waals surface area contributed by atoms with Crippen LogP contribution in [0, 0.1) is 13.8 Å². The zero-order valence-corrected chi connectivity index (χ0v) is 24.4. The van der Waals surface area contributed by atoms with Crippen molar-refractivity contribution in [3.05, 3.63) is 94.5 Å². The first-order chi connectivity index (χ1) is 18.5. The highest BCUT2D eigenvalue weighted by molar-refractivity contribution is 7.92. The van der Waals surface area contributed by atoms with E-state index in [1.807, 2.05) is 45.0 Å². The minimum absolute atomic E-state index is 0.0615. The van der Waals surface area contributed by atoms with Crippen LogP contribution < -0.4 is 9.62 Å². The van der Waals surface area contributed by atoms with Gasteiger partial charge >= 0.3 is 0 Å². The predicted molar refractivity (Wildman–Crippen MR) is 156 cm³/mol. The van der Waals surface area contributed by atoms with Gasteiger partial charge in [-0.2, -0.15) is 0 Å². The molecule has 9 heteroatoms. The van der Waals surface area contributed by atoms with Gasteiger partial charge in [-0.25, -0.2) is 8.42 Å². The molecule has 0 aromatic heterocycles. The minimum Gasteiger partial charge on any atom is -0.354 e. The molecule has 208 valence electrons. The topological polar surface area (TPSA) is 86.8 Å². The van der Waals surface area contributed by atoms with Gasteiger partial charge < -0.3 is 10.2 Å². The number of anilines is 1. The van der Waals surface area contributed by atoms with E-state index in [0.717, 1.165) is 33.8 Å². The van der Waals surface area contributed by atoms with E-state index in [4.69, 9.17) is 11.6 Å². The van der Waals surface area contributed by atoms with E-state index in [1.54, 1.807) is 43.3 Å². The summed E-state index contributed by atoms with van der Waals surface area (Å²) in [5.74, 6) is -0.788. The molecule has 3 aromatic carbocycles. The highest BCUT2D eigenvalue weighted by Gasteiger charge is 2.32. The van der Waals surface area contributed by atoms with E-state index in [1.165, 1.54) is 17.0 Å². The maximum absolute atomic E-state index is 13.9. The van der Waals surface area contributed by atoms with Crippen LogP contribution in [-0.4, -0.2) is 44.3 Å². The quantitative estimate of drug-likeness (QED) is 0.292. The highest BCUT2D eigenvalue weighted by Crippen LogP contribution is 2.26. The second-order valence-corrected chi connectivity index (χ2v) is 11.9. The Labute approximate surface area is 236 Å². The Bertz CT molecular complexity index is 1380. The summed E-state index contributed by atoms with van der Waals surface area (Å²) in [5, 5.41) is 3.33. The number of halogens is 1. The molecule has 0 saturated heterocycles. The fourth-order valence-electron chi connectivity index (χ4n) is 4.10. The number of carbonyl (C=O) groups is 2. The van der Waals surface area contributed by atoms with Crippen LogP contribution in [0.5, 0.6) is 0 Å². The SMILES string of the molecule is CCCCNC(=O)[C@@H](C)N(Cc1cccc(C)c1)C(=O)CN(c1ccc(Cl)cc1)S(=O)(=O)c1ccc(C)cc1. The number of aryl methyl sites for hydroxylation is 2. The third-order valence-corrected chi connectivity index (χ3v) is 8.47. The van der Waals surface area contributed by atoms with Crippen LogP contribution in [0.3, 0.4) is 0 Å². The lowest BCUT2D eigenvalue weighted by Gasteiger charge is -2.32. The predicted octanol–water partition coefficient (Wildman–Crippen LogP) is 5.49. The van der Waals surface area contributed by atoms with Gasteiger partial charge in [-0.05, 0) is 69.2 Å². The van der Waals surface area contributed by atoms with Crippen LogP contribution in [0.25, 0.3) is 0 Å². The van der Waals surface area contributed by atoms with Crippen LogP contribution in [0.4, 0.5) is 5.69 Å². The second kappa shape index (κ2) is 13.6. The molecule has 0 spiro atoms. The molecule has 0 radical (unpaired) electrons. The molecule has 0 heterocycles. The van der Waals surface area contributed by atoms with E-state index < -0.39 is 28.5 Å². The third kappa shape index (κ3) is 8.07. The number of amides is 2. The van der Waals surface area contributed by atoms with E-state index >= 15 is 0 Å². The van der Waals surface area contributed by atoms with E-state index in [2.05, 4.69) is 5.32 Å². The van der Waals surface area contributed by atoms with Crippen molar-refractivity contribution in [3.8, 4) is 0 Å². The van der Waals surface area contributed by atoms with Crippen LogP contribution in [0.15, 0.2) is 77.7 Å². The number of hydrogen-bond acceptors (Lipinski definition) is 4. The molecule has 0 bridgehead atoms. The molecule has 0 aliphatic carbocycles. The molecule has 0 unspecified atom stereocenters. The zero-order valence-electron chi connectivity index (χ0n) is 22.9. The lowest BCUT2D eigenvalue weighted by Crippen LogP contribution is -2.51. The van der Waals surface area contributed by atoms with E-state index in [9.17, 15) is 18.0 Å². The Kier molecular flexibility index (Phi) is 10.5. The van der Waals surface area contributed by atoms with Gasteiger partial charge in [0.1, 0.15) is 12.6 Å². The first-order valence-electron chi connectivity index (χ1n) is 13.0. The molecule has 0 saturated carbocycles. The van der Waals surface area contributed by atoms with Crippen LogP contribution in [0.1, 0.15) is 43.4 Å². The zero-order chi connectivity index (χ0) is 28.6. The van der Waals surface area contributed by atoms with Gasteiger partial charge in [0, 0.05) is 18.1 Å². The molecule has 7 nitrogen and oxygen atoms in total. The number of nitrogens with zero attached hydrogens (tertiary/aromatic N) is 2. The Morgan fingerprint density at radius 2 is 1.62 bits per heavy atom. The van der Waals surface area contributed by atoms with Crippen LogP contribution >= 0.6 is 11.6 Å². The lowest BCUT2D eigenvalue weighted by molar-refractivity contribution is -0.139. The number of nitrogens with one attached hydrogen (secondary N) is 1. The van der Waals surface area contributed by atoms with Crippen molar-refractivity contribution in [2.45, 2.75) is 58.0 Å². The minimum atomic E-state index is -4.11. The summed E-state index contributed by atoms with van der Waals surface area (Å²) in [4.78, 5) is 28.4. The van der Waals surface area contributed by atoms with Crippen molar-refractivity contribution in [1.29, 1.82) is 0 Å². The summed E-state index contributed by atoms with van der Waals surface area (Å²) in [6.07, 6.45) is 1.75. The van der Waals surface area contributed by atoms with Crippen molar-refractivity contribution in [2.75, 3.05) is 17.4 Å². The van der Waals surface area contributed by atoms with Gasteiger partial charge in [-0.15, -0.1) is 0 Å². The summed E-state index contributed by atoms with van der Waals surface area (Å²) in [5.41, 5.74) is 3.07. The number of unbranched alkanes of at least 4 members (excludes halogenated alkanes) is 1. The standard InChI is InChI=1S/C30H36ClN3O4S/c1-5-6-18-32-30(36)24(4)33(20-25-9-7-8-23(3)19-25)29(35)21-34(27-14-12-26(31)13-15-27)39(37,38)28-16-10-22(2)11-17-28/h7-17,19,24H,5-6,18,20-21H2,1-4H3,(H,32,36)/t24-/m1/s1. The number of hydrogen-bond donors (Lipinski definition) is 1. The summed E-state index contributed by atoms with van der Waals surface area (Å²) in [7, 11) is -4.11. The van der Waals surface area contributed by atoms with Crippen LogP contribution in [0.2, 0.25) is 5.02 Å². The largest absolute Gasteiger partial charge is 0.354 e. The second-order valence-electron chi connectivity index (χ2n) is 9.63. The van der Waals surface area contributed by atoms with Crippen molar-refractivity contribution in [2.24, 2.45) is 0 Å². The Balaban J connectivity index is 1.99. The summed E-state index contributed by atoms with van der Waals surface area (Å²) in [6.45, 7) is 7.68. The average Bonchev–Trinajstić information content (AvgIpc) is 2.90. The van der Waals surface area contributed by atoms with Gasteiger partial charge in [0.25, 0.3) is 10.0 Å². The fourth-order valence-corrected chi connectivity index (χ4v) is 5.64. The monoisotopic (exact) mass is 569 g/mol. The van der Waals surface area contributed by atoms with Crippen molar-refractivity contribution in [3.63, 3.8) is 0 Å². The highest BCUT2D eigenvalue weighted by atomic mass is 35.5. The first-order valence-corrected chi connectivity index (χ1v) is 14.8. The number of carbonyl (C=O) groups excluding carboxylic acids is 2. The van der Waals surface area contributed by atoms with Crippen molar-refractivity contribution < 1.29 is 18.0 Å². The maximum Gasteiger partial charge on any atom is 0.264 e. The lowest BCUT2D eigenvalue weighted by atomic mass is 10.1. The van der Waals surface area contributed by atoms with Crippen molar-refractivity contribution >= 4 is 39.1 Å². The van der Waals surface area contributed by atoms with E-state index in [-0.39, 0.29) is 17.3 Å². The van der Waals surface area contributed by atoms with Gasteiger partial charge in [0.15, 0.2) is 0 Å². The summed E-state index contributed by atoms with van der Waals surface area (Å²) < 4.78 is 28.7. The smallest absolute Gasteiger partial charge is 0.264 e. The molecular formula is C30H36ClN3O4S. The molecule has 1 N–H and O–H groups in total. The normalized spacial score (nSPS) is 12.0. The molecule has 0 aliphatic rings. The number of rotatable bonds is 12. The molecule has 3 rings (SSSR count). The number of sulfonamides is 1. The average molecular weight is 570 g/mol. The van der Waals surface area contributed by atoms with Gasteiger partial charge in [-0.1, -0.05) is 72.5 Å². The molecule has 39 heavy (non-hydrogen) atoms. The summed E-state index contributed by atoms with van der Waals surface area (Å²) in [6, 6.07) is 19.6. The summed E-state index contributed by atoms with van der Waals surface area (Å²) >= 11 is 6.07. The van der Waals surface area contributed by atoms with Crippen molar-refractivity contribution in [1.82, 2.24) is 10.2 Å². The Morgan fingerprint density at radius 3 is 2.23 bits per heavy atom. The molecule has 3 aromatic rings. The third-order valence-electron chi connectivity index (χ3n) is 6.43. The first kappa shape index (κ1) is 30.2. The van der Waals surface area contributed by atoms with Gasteiger partial charge in [0.2, 0.25) is 11.8 Å². The van der Waals surface area contributed by atoms with Gasteiger partial charge in [0.05, 0.1) is 10.6 Å².